The van der Waals surface area contributed by atoms with Crippen LogP contribution in [0.25, 0.3) is 0 Å². The van der Waals surface area contributed by atoms with Crippen molar-refractivity contribution in [2.45, 2.75) is 33.2 Å². The van der Waals surface area contributed by atoms with Crippen LogP contribution in [-0.2, 0) is 6.54 Å². The summed E-state index contributed by atoms with van der Waals surface area (Å²) in [6, 6.07) is 0. The number of hydrogen-bond donors (Lipinski definition) is 1. The molecule has 2 heterocycles. The Hall–Kier alpha value is -0.450. The number of rotatable bonds is 4. The minimum Gasteiger partial charge on any atom is -0.319 e. The highest BCUT2D eigenvalue weighted by molar-refractivity contribution is 7.11. The molecule has 0 atom stereocenters. The van der Waals surface area contributed by atoms with Crippen molar-refractivity contribution in [3.05, 3.63) is 15.6 Å². The van der Waals surface area contributed by atoms with Crippen LogP contribution in [0.5, 0.6) is 0 Å². The summed E-state index contributed by atoms with van der Waals surface area (Å²) in [4.78, 5) is 8.53. The zero-order valence-corrected chi connectivity index (χ0v) is 11.9. The maximum Gasteiger partial charge on any atom is 0.0900 e. The third kappa shape index (κ3) is 3.50. The van der Waals surface area contributed by atoms with Gasteiger partial charge in [0, 0.05) is 11.4 Å². The zero-order valence-electron chi connectivity index (χ0n) is 11.1. The Bertz CT molecular complexity index is 354. The van der Waals surface area contributed by atoms with Crippen LogP contribution in [0.3, 0.4) is 0 Å². The topological polar surface area (TPSA) is 28.2 Å². The molecule has 1 fully saturated rings. The van der Waals surface area contributed by atoms with Gasteiger partial charge in [-0.25, -0.2) is 4.98 Å². The molecule has 0 spiro atoms. The molecule has 1 aromatic rings. The van der Waals surface area contributed by atoms with E-state index in [1.165, 1.54) is 48.1 Å². The monoisotopic (exact) mass is 253 g/mol. The Labute approximate surface area is 108 Å². The molecule has 4 heteroatoms. The van der Waals surface area contributed by atoms with Crippen LogP contribution in [0.2, 0.25) is 0 Å². The molecule has 0 amide bonds. The summed E-state index contributed by atoms with van der Waals surface area (Å²) in [7, 11) is 2.05. The summed E-state index contributed by atoms with van der Waals surface area (Å²) in [5.41, 5.74) is 1.23. The first-order valence-corrected chi connectivity index (χ1v) is 7.30. The van der Waals surface area contributed by atoms with E-state index in [-0.39, 0.29) is 0 Å². The van der Waals surface area contributed by atoms with Crippen LogP contribution in [0.1, 0.15) is 28.4 Å². The molecule has 0 aromatic carbocycles. The average Bonchev–Trinajstić information content (AvgIpc) is 2.61. The van der Waals surface area contributed by atoms with E-state index in [4.69, 9.17) is 0 Å². The summed E-state index contributed by atoms with van der Waals surface area (Å²) in [5, 5.41) is 4.48. The van der Waals surface area contributed by atoms with Gasteiger partial charge in [-0.2, -0.15) is 0 Å². The highest BCUT2D eigenvalue weighted by atomic mass is 32.1. The molecular weight excluding hydrogens is 230 g/mol. The van der Waals surface area contributed by atoms with Gasteiger partial charge in [0.25, 0.3) is 0 Å². The van der Waals surface area contributed by atoms with E-state index < -0.39 is 0 Å². The van der Waals surface area contributed by atoms with Gasteiger partial charge in [-0.1, -0.05) is 0 Å². The van der Waals surface area contributed by atoms with Crippen molar-refractivity contribution in [3.63, 3.8) is 0 Å². The summed E-state index contributed by atoms with van der Waals surface area (Å²) in [6.45, 7) is 8.98. The van der Waals surface area contributed by atoms with Crippen LogP contribution in [0.4, 0.5) is 0 Å². The summed E-state index contributed by atoms with van der Waals surface area (Å²) >= 11 is 1.85. The highest BCUT2D eigenvalue weighted by Gasteiger charge is 2.19. The molecule has 96 valence electrons. The van der Waals surface area contributed by atoms with Crippen molar-refractivity contribution < 1.29 is 0 Å². The first kappa shape index (κ1) is 13.0. The largest absolute Gasteiger partial charge is 0.319 e. The number of nitrogens with one attached hydrogen (secondary N) is 1. The van der Waals surface area contributed by atoms with Gasteiger partial charge in [-0.3, -0.25) is 4.90 Å². The molecule has 0 saturated carbocycles. The fourth-order valence-electron chi connectivity index (χ4n) is 2.56. The van der Waals surface area contributed by atoms with Gasteiger partial charge in [0.2, 0.25) is 0 Å². The van der Waals surface area contributed by atoms with Crippen molar-refractivity contribution in [2.24, 2.45) is 5.92 Å². The number of piperidine rings is 1. The second-order valence-corrected chi connectivity index (χ2v) is 6.31. The molecular formula is C13H23N3S. The van der Waals surface area contributed by atoms with Gasteiger partial charge >= 0.3 is 0 Å². The summed E-state index contributed by atoms with van der Waals surface area (Å²) < 4.78 is 0. The van der Waals surface area contributed by atoms with Crippen molar-refractivity contribution in [1.29, 1.82) is 0 Å². The first-order chi connectivity index (χ1) is 8.19. The smallest absolute Gasteiger partial charge is 0.0900 e. The Morgan fingerprint density at radius 3 is 2.59 bits per heavy atom. The SMILES string of the molecule is CNCC1CCN(Cc2sc(C)nc2C)CC1. The van der Waals surface area contributed by atoms with Gasteiger partial charge in [-0.15, -0.1) is 11.3 Å². The fourth-order valence-corrected chi connectivity index (χ4v) is 3.54. The number of thiazole rings is 1. The molecule has 17 heavy (non-hydrogen) atoms. The normalized spacial score (nSPS) is 18.8. The van der Waals surface area contributed by atoms with Gasteiger partial charge in [0.05, 0.1) is 10.7 Å². The predicted octanol–water partition coefficient (Wildman–Crippen LogP) is 2.19. The molecule has 0 aliphatic carbocycles. The Morgan fingerprint density at radius 2 is 2.06 bits per heavy atom. The highest BCUT2D eigenvalue weighted by Crippen LogP contribution is 2.23. The molecule has 0 bridgehead atoms. The molecule has 2 rings (SSSR count). The predicted molar refractivity (Wildman–Crippen MR) is 73.5 cm³/mol. The maximum atomic E-state index is 4.50. The molecule has 1 N–H and O–H groups in total. The number of hydrogen-bond acceptors (Lipinski definition) is 4. The third-order valence-electron chi connectivity index (χ3n) is 3.57. The molecule has 1 aliphatic rings. The van der Waals surface area contributed by atoms with Crippen LogP contribution >= 0.6 is 11.3 Å². The van der Waals surface area contributed by atoms with Gasteiger partial charge in [-0.05, 0) is 59.3 Å². The second kappa shape index (κ2) is 5.94. The Balaban J connectivity index is 1.84. The minimum absolute atomic E-state index is 0.876. The van der Waals surface area contributed by atoms with Crippen molar-refractivity contribution in [2.75, 3.05) is 26.7 Å². The molecule has 1 saturated heterocycles. The molecule has 0 unspecified atom stereocenters. The molecule has 1 aliphatic heterocycles. The van der Waals surface area contributed by atoms with E-state index >= 15 is 0 Å². The fraction of sp³-hybridized carbons (Fsp3) is 0.769. The Kier molecular flexibility index (Phi) is 4.54. The second-order valence-electron chi connectivity index (χ2n) is 5.02. The van der Waals surface area contributed by atoms with Crippen molar-refractivity contribution >= 4 is 11.3 Å². The van der Waals surface area contributed by atoms with Crippen molar-refractivity contribution in [1.82, 2.24) is 15.2 Å². The van der Waals surface area contributed by atoms with E-state index in [9.17, 15) is 0 Å². The lowest BCUT2D eigenvalue weighted by Gasteiger charge is -2.31. The van der Waals surface area contributed by atoms with Gasteiger partial charge in [0.1, 0.15) is 0 Å². The maximum absolute atomic E-state index is 4.50. The van der Waals surface area contributed by atoms with E-state index in [1.807, 2.05) is 11.3 Å². The number of aryl methyl sites for hydroxylation is 2. The van der Waals surface area contributed by atoms with E-state index in [0.29, 0.717) is 0 Å². The van der Waals surface area contributed by atoms with E-state index in [1.54, 1.807) is 0 Å². The molecule has 3 nitrogen and oxygen atoms in total. The standard InChI is InChI=1S/C13H23N3S/c1-10-13(17-11(2)15-10)9-16-6-4-12(5-7-16)8-14-3/h12,14H,4-9H2,1-3H3. The van der Waals surface area contributed by atoms with Gasteiger partial charge < -0.3 is 5.32 Å². The summed E-state index contributed by atoms with van der Waals surface area (Å²) in [6.07, 6.45) is 2.66. The van der Waals surface area contributed by atoms with Crippen LogP contribution < -0.4 is 5.32 Å². The number of aromatic nitrogens is 1. The number of nitrogens with zero attached hydrogens (tertiary/aromatic N) is 2. The minimum atomic E-state index is 0.876. The quantitative estimate of drug-likeness (QED) is 0.891. The van der Waals surface area contributed by atoms with Crippen LogP contribution in [-0.4, -0.2) is 36.6 Å². The average molecular weight is 253 g/mol. The van der Waals surface area contributed by atoms with E-state index in [2.05, 4.69) is 36.1 Å². The molecule has 0 radical (unpaired) electrons. The lowest BCUT2D eigenvalue weighted by atomic mass is 9.97. The lowest BCUT2D eigenvalue weighted by molar-refractivity contribution is 0.178. The number of likely N-dealkylation sites (tertiary alicyclic amines) is 1. The van der Waals surface area contributed by atoms with Gasteiger partial charge in [0.15, 0.2) is 0 Å². The summed E-state index contributed by atoms with van der Waals surface area (Å²) in [5.74, 6) is 0.876. The van der Waals surface area contributed by atoms with Crippen LogP contribution in [0, 0.1) is 19.8 Å². The third-order valence-corrected chi connectivity index (χ3v) is 4.62. The molecule has 1 aromatic heterocycles. The van der Waals surface area contributed by atoms with E-state index in [0.717, 1.165) is 12.5 Å². The van der Waals surface area contributed by atoms with Crippen LogP contribution in [0.15, 0.2) is 0 Å². The lowest BCUT2D eigenvalue weighted by Crippen LogP contribution is -2.36. The van der Waals surface area contributed by atoms with Crippen molar-refractivity contribution in [3.8, 4) is 0 Å². The Morgan fingerprint density at radius 1 is 1.35 bits per heavy atom. The zero-order chi connectivity index (χ0) is 12.3. The first-order valence-electron chi connectivity index (χ1n) is 6.49.